The molecule has 6 heteroatoms. The number of fused-ring (bicyclic) bond motifs is 1. The number of hydrogen-bond donors (Lipinski definition) is 0. The molecule has 1 heterocycles. The van der Waals surface area contributed by atoms with Crippen LogP contribution in [0, 0.1) is 0 Å². The lowest BCUT2D eigenvalue weighted by atomic mass is 10.3. The van der Waals surface area contributed by atoms with Gasteiger partial charge in [0, 0.05) is 0 Å². The Bertz CT molecular complexity index is 868. The Morgan fingerprint density at radius 2 is 1.86 bits per heavy atom. The van der Waals surface area contributed by atoms with E-state index in [0.717, 1.165) is 21.6 Å². The Labute approximate surface area is 129 Å². The summed E-state index contributed by atoms with van der Waals surface area (Å²) in [6.07, 6.45) is 0. The van der Waals surface area contributed by atoms with Crippen molar-refractivity contribution in [1.29, 1.82) is 0 Å². The summed E-state index contributed by atoms with van der Waals surface area (Å²) in [5, 5.41) is 0.355. The van der Waals surface area contributed by atoms with E-state index in [0.29, 0.717) is 5.02 Å². The van der Waals surface area contributed by atoms with Gasteiger partial charge in [-0.25, -0.2) is 4.79 Å². The summed E-state index contributed by atoms with van der Waals surface area (Å²) in [5.41, 5.74) is 0.726. The van der Waals surface area contributed by atoms with E-state index in [1.807, 2.05) is 18.2 Å². The van der Waals surface area contributed by atoms with E-state index < -0.39 is 5.97 Å². The second kappa shape index (κ2) is 5.71. The number of para-hydroxylation sites is 2. The summed E-state index contributed by atoms with van der Waals surface area (Å²) in [7, 11) is 0. The molecule has 0 saturated heterocycles. The molecule has 0 aliphatic rings. The summed E-state index contributed by atoms with van der Waals surface area (Å²) in [5.74, 6) is -0.245. The van der Waals surface area contributed by atoms with Gasteiger partial charge in [-0.1, -0.05) is 47.2 Å². The third kappa shape index (κ3) is 2.84. The highest BCUT2D eigenvalue weighted by Crippen LogP contribution is 2.23. The lowest BCUT2D eigenvalue weighted by molar-refractivity contribution is -0.135. The van der Waals surface area contributed by atoms with Crippen molar-refractivity contribution in [1.82, 2.24) is 4.57 Å². The van der Waals surface area contributed by atoms with Crippen LogP contribution in [0.1, 0.15) is 0 Å². The molecule has 0 unspecified atom stereocenters. The first-order chi connectivity index (χ1) is 10.1. The zero-order valence-electron chi connectivity index (χ0n) is 10.8. The summed E-state index contributed by atoms with van der Waals surface area (Å²) in [6.45, 7) is -0.145. The highest BCUT2D eigenvalue weighted by molar-refractivity contribution is 7.16. The fourth-order valence-electron chi connectivity index (χ4n) is 1.98. The molecule has 0 fully saturated rings. The van der Waals surface area contributed by atoms with Crippen LogP contribution in [0.3, 0.4) is 0 Å². The molecule has 1 aromatic heterocycles. The van der Waals surface area contributed by atoms with Crippen molar-refractivity contribution in [2.24, 2.45) is 0 Å². The quantitative estimate of drug-likeness (QED) is 0.549. The zero-order valence-corrected chi connectivity index (χ0v) is 12.4. The number of rotatable bonds is 3. The van der Waals surface area contributed by atoms with Gasteiger partial charge in [0.15, 0.2) is 0 Å². The number of nitrogens with zero attached hydrogens (tertiary/aromatic N) is 1. The molecule has 0 bridgehead atoms. The molecule has 21 heavy (non-hydrogen) atoms. The van der Waals surface area contributed by atoms with E-state index >= 15 is 0 Å². The summed E-state index contributed by atoms with van der Waals surface area (Å²) < 4.78 is 7.44. The standard InChI is InChI=1S/C15H10ClNO3S/c16-10-5-1-3-7-12(10)20-14(18)9-17-11-6-2-4-8-13(11)21-15(17)19/h1-8H,9H2. The Morgan fingerprint density at radius 3 is 2.67 bits per heavy atom. The average Bonchev–Trinajstić information content (AvgIpc) is 2.78. The van der Waals surface area contributed by atoms with Crippen molar-refractivity contribution in [2.45, 2.75) is 6.54 Å². The highest BCUT2D eigenvalue weighted by Gasteiger charge is 2.13. The van der Waals surface area contributed by atoms with Gasteiger partial charge >= 0.3 is 10.8 Å². The Morgan fingerprint density at radius 1 is 1.14 bits per heavy atom. The monoisotopic (exact) mass is 319 g/mol. The van der Waals surface area contributed by atoms with Crippen LogP contribution in [0.15, 0.2) is 53.3 Å². The molecule has 0 atom stereocenters. The van der Waals surface area contributed by atoms with Crippen molar-refractivity contribution >= 4 is 39.1 Å². The predicted molar refractivity (Wildman–Crippen MR) is 83.2 cm³/mol. The third-order valence-corrected chi connectivity index (χ3v) is 4.19. The van der Waals surface area contributed by atoms with Crippen molar-refractivity contribution in [3.8, 4) is 5.75 Å². The summed E-state index contributed by atoms with van der Waals surface area (Å²) in [6, 6.07) is 14.0. The molecule has 0 amide bonds. The van der Waals surface area contributed by atoms with Crippen LogP contribution in [-0.4, -0.2) is 10.5 Å². The number of carbonyl (C=O) groups excluding carboxylic acids is 1. The molecule has 3 rings (SSSR count). The lowest BCUT2D eigenvalue weighted by Crippen LogP contribution is -2.22. The first-order valence-corrected chi connectivity index (χ1v) is 7.38. The first kappa shape index (κ1) is 13.9. The molecule has 4 nitrogen and oxygen atoms in total. The molecule has 106 valence electrons. The largest absolute Gasteiger partial charge is 0.424 e. The smallest absolute Gasteiger partial charge is 0.331 e. The Kier molecular flexibility index (Phi) is 3.77. The van der Waals surface area contributed by atoms with Crippen LogP contribution in [0.5, 0.6) is 5.75 Å². The molecule has 0 saturated carbocycles. The van der Waals surface area contributed by atoms with Crippen molar-refractivity contribution < 1.29 is 9.53 Å². The van der Waals surface area contributed by atoms with Crippen molar-refractivity contribution in [3.05, 3.63) is 63.2 Å². The summed E-state index contributed by atoms with van der Waals surface area (Å²) in [4.78, 5) is 23.7. The van der Waals surface area contributed by atoms with E-state index in [9.17, 15) is 9.59 Å². The van der Waals surface area contributed by atoms with Gasteiger partial charge in [-0.3, -0.25) is 9.36 Å². The number of esters is 1. The minimum absolute atomic E-state index is 0.145. The molecule has 0 radical (unpaired) electrons. The van der Waals surface area contributed by atoms with E-state index in [2.05, 4.69) is 0 Å². The number of benzene rings is 2. The van der Waals surface area contributed by atoms with E-state index in [1.54, 1.807) is 30.3 Å². The lowest BCUT2D eigenvalue weighted by Gasteiger charge is -2.06. The van der Waals surface area contributed by atoms with Gasteiger partial charge in [0.2, 0.25) is 0 Å². The first-order valence-electron chi connectivity index (χ1n) is 6.19. The van der Waals surface area contributed by atoms with E-state index in [1.165, 1.54) is 4.57 Å². The topological polar surface area (TPSA) is 48.3 Å². The van der Waals surface area contributed by atoms with Gasteiger partial charge < -0.3 is 4.74 Å². The molecule has 2 aromatic carbocycles. The maximum absolute atomic E-state index is 12.0. The molecule has 0 spiro atoms. The van der Waals surface area contributed by atoms with E-state index in [-0.39, 0.29) is 17.2 Å². The number of thiazole rings is 1. The Hall–Kier alpha value is -2.11. The van der Waals surface area contributed by atoms with E-state index in [4.69, 9.17) is 16.3 Å². The molecular formula is C15H10ClNO3S. The Balaban J connectivity index is 1.86. The van der Waals surface area contributed by atoms with Crippen molar-refractivity contribution in [2.75, 3.05) is 0 Å². The zero-order chi connectivity index (χ0) is 14.8. The second-order valence-corrected chi connectivity index (χ2v) is 5.73. The van der Waals surface area contributed by atoms with Gasteiger partial charge in [-0.15, -0.1) is 0 Å². The maximum Gasteiger partial charge on any atom is 0.331 e. The molecule has 0 N–H and O–H groups in total. The number of hydrogen-bond acceptors (Lipinski definition) is 4. The minimum Gasteiger partial charge on any atom is -0.424 e. The van der Waals surface area contributed by atoms with Crippen LogP contribution >= 0.6 is 22.9 Å². The van der Waals surface area contributed by atoms with Crippen molar-refractivity contribution in [3.63, 3.8) is 0 Å². The predicted octanol–water partition coefficient (Wildman–Crippen LogP) is 3.32. The van der Waals surface area contributed by atoms with Gasteiger partial charge in [-0.2, -0.15) is 0 Å². The van der Waals surface area contributed by atoms with Gasteiger partial charge in [0.25, 0.3) is 0 Å². The van der Waals surface area contributed by atoms with Gasteiger partial charge in [0.1, 0.15) is 12.3 Å². The number of halogens is 1. The normalized spacial score (nSPS) is 10.7. The number of aromatic nitrogens is 1. The second-order valence-electron chi connectivity index (χ2n) is 4.33. The molecule has 3 aromatic rings. The fraction of sp³-hybridized carbons (Fsp3) is 0.0667. The van der Waals surface area contributed by atoms with Crippen LogP contribution < -0.4 is 9.61 Å². The number of ether oxygens (including phenoxy) is 1. The highest BCUT2D eigenvalue weighted by atomic mass is 35.5. The third-order valence-electron chi connectivity index (χ3n) is 2.92. The molecular weight excluding hydrogens is 310 g/mol. The minimum atomic E-state index is -0.534. The molecule has 0 aliphatic carbocycles. The number of carbonyl (C=O) groups is 1. The molecule has 0 aliphatic heterocycles. The SMILES string of the molecule is O=C(Cn1c(=O)sc2ccccc21)Oc1ccccc1Cl. The van der Waals surface area contributed by atoms with Crippen LogP contribution in [0.25, 0.3) is 10.2 Å². The fourth-order valence-corrected chi connectivity index (χ4v) is 3.04. The van der Waals surface area contributed by atoms with Crippen LogP contribution in [0.2, 0.25) is 5.02 Å². The van der Waals surface area contributed by atoms with Gasteiger partial charge in [-0.05, 0) is 24.3 Å². The maximum atomic E-state index is 12.0. The van der Waals surface area contributed by atoms with Crippen LogP contribution in [0.4, 0.5) is 0 Å². The average molecular weight is 320 g/mol. The van der Waals surface area contributed by atoms with Crippen LogP contribution in [-0.2, 0) is 11.3 Å². The van der Waals surface area contributed by atoms with Gasteiger partial charge in [0.05, 0.1) is 15.2 Å². The summed E-state index contributed by atoms with van der Waals surface area (Å²) >= 11 is 7.04.